The summed E-state index contributed by atoms with van der Waals surface area (Å²) in [6.07, 6.45) is 0. The van der Waals surface area contributed by atoms with Gasteiger partial charge in [0, 0.05) is 19.6 Å². The average Bonchev–Trinajstić information content (AvgIpc) is 2.64. The van der Waals surface area contributed by atoms with E-state index < -0.39 is 0 Å². The third kappa shape index (κ3) is 6.61. The first-order valence-electron chi connectivity index (χ1n) is 9.12. The molecule has 5 nitrogen and oxygen atoms in total. The molecule has 27 heavy (non-hydrogen) atoms. The highest BCUT2D eigenvalue weighted by molar-refractivity contribution is 6.33. The molecule has 1 amide bonds. The van der Waals surface area contributed by atoms with Gasteiger partial charge in [0.1, 0.15) is 0 Å². The van der Waals surface area contributed by atoms with Crippen molar-refractivity contribution in [3.8, 4) is 0 Å². The molecule has 144 valence electrons. The van der Waals surface area contributed by atoms with Gasteiger partial charge < -0.3 is 16.0 Å². The normalized spacial score (nSPS) is 11.2. The summed E-state index contributed by atoms with van der Waals surface area (Å²) >= 11 is 6.04. The van der Waals surface area contributed by atoms with Gasteiger partial charge in [-0.15, -0.1) is 0 Å². The maximum absolute atomic E-state index is 12.1. The Hall–Kier alpha value is -2.53. The van der Waals surface area contributed by atoms with E-state index >= 15 is 0 Å². The predicted octanol–water partition coefficient (Wildman–Crippen LogP) is 3.44. The van der Waals surface area contributed by atoms with E-state index in [-0.39, 0.29) is 5.91 Å². The molecule has 0 aliphatic carbocycles. The summed E-state index contributed by atoms with van der Waals surface area (Å²) in [7, 11) is 0. The number of benzene rings is 2. The molecule has 0 aliphatic heterocycles. The minimum Gasteiger partial charge on any atom is -0.357 e. The van der Waals surface area contributed by atoms with Crippen molar-refractivity contribution in [3.63, 3.8) is 0 Å². The predicted molar refractivity (Wildman–Crippen MR) is 113 cm³/mol. The molecule has 2 rings (SSSR count). The zero-order valence-corrected chi connectivity index (χ0v) is 16.9. The molecule has 0 aliphatic rings. The van der Waals surface area contributed by atoms with Gasteiger partial charge in [-0.05, 0) is 44.0 Å². The SMILES string of the molecule is CCNC(=NCc1ccc(C)cc1C)NCCNC(=O)c1ccccc1Cl. The van der Waals surface area contributed by atoms with Crippen LogP contribution in [0.4, 0.5) is 0 Å². The Morgan fingerprint density at radius 1 is 1.04 bits per heavy atom. The van der Waals surface area contributed by atoms with Crippen molar-refractivity contribution < 1.29 is 4.79 Å². The molecule has 0 saturated carbocycles. The highest BCUT2D eigenvalue weighted by Gasteiger charge is 2.08. The molecule has 0 spiro atoms. The molecule has 0 unspecified atom stereocenters. The van der Waals surface area contributed by atoms with Crippen molar-refractivity contribution >= 4 is 23.5 Å². The number of amides is 1. The summed E-state index contributed by atoms with van der Waals surface area (Å²) in [4.78, 5) is 16.8. The number of carbonyl (C=O) groups excluding carboxylic acids is 1. The number of nitrogens with zero attached hydrogens (tertiary/aromatic N) is 1. The molecule has 2 aromatic rings. The van der Waals surface area contributed by atoms with Crippen LogP contribution in [0.3, 0.4) is 0 Å². The maximum atomic E-state index is 12.1. The van der Waals surface area contributed by atoms with Gasteiger partial charge in [0.2, 0.25) is 0 Å². The molecule has 6 heteroatoms. The lowest BCUT2D eigenvalue weighted by Crippen LogP contribution is -2.41. The van der Waals surface area contributed by atoms with Crippen molar-refractivity contribution in [1.82, 2.24) is 16.0 Å². The zero-order chi connectivity index (χ0) is 19.6. The smallest absolute Gasteiger partial charge is 0.252 e. The van der Waals surface area contributed by atoms with Gasteiger partial charge in [-0.2, -0.15) is 0 Å². The molecule has 3 N–H and O–H groups in total. The summed E-state index contributed by atoms with van der Waals surface area (Å²) in [5.74, 6) is 0.545. The number of rotatable bonds is 7. The zero-order valence-electron chi connectivity index (χ0n) is 16.1. The summed E-state index contributed by atoms with van der Waals surface area (Å²) < 4.78 is 0. The second-order valence-corrected chi connectivity index (χ2v) is 6.69. The van der Waals surface area contributed by atoms with Crippen molar-refractivity contribution in [1.29, 1.82) is 0 Å². The summed E-state index contributed by atoms with van der Waals surface area (Å²) in [6, 6.07) is 13.4. The number of hydrogen-bond donors (Lipinski definition) is 3. The van der Waals surface area contributed by atoms with Gasteiger partial charge in [0.05, 0.1) is 17.1 Å². The number of aryl methyl sites for hydroxylation is 2. The Kier molecular flexibility index (Phi) is 8.14. The molecule has 2 aromatic carbocycles. The van der Waals surface area contributed by atoms with Gasteiger partial charge in [-0.25, -0.2) is 4.99 Å². The van der Waals surface area contributed by atoms with Gasteiger partial charge in [-0.3, -0.25) is 4.79 Å². The molecule has 0 heterocycles. The number of carbonyl (C=O) groups is 1. The monoisotopic (exact) mass is 386 g/mol. The second-order valence-electron chi connectivity index (χ2n) is 6.29. The molecule has 0 radical (unpaired) electrons. The summed E-state index contributed by atoms with van der Waals surface area (Å²) in [6.45, 7) is 8.61. The van der Waals surface area contributed by atoms with Crippen LogP contribution in [0.25, 0.3) is 0 Å². The Morgan fingerprint density at radius 2 is 1.78 bits per heavy atom. The van der Waals surface area contributed by atoms with Crippen LogP contribution in [0, 0.1) is 13.8 Å². The minimum atomic E-state index is -0.181. The molecule has 0 fully saturated rings. The fourth-order valence-electron chi connectivity index (χ4n) is 2.63. The topological polar surface area (TPSA) is 65.5 Å². The third-order valence-corrected chi connectivity index (χ3v) is 4.40. The Bertz CT molecular complexity index is 805. The first-order valence-corrected chi connectivity index (χ1v) is 9.50. The van der Waals surface area contributed by atoms with Gasteiger partial charge in [0.25, 0.3) is 5.91 Å². The van der Waals surface area contributed by atoms with Crippen molar-refractivity contribution in [2.24, 2.45) is 4.99 Å². The number of nitrogens with one attached hydrogen (secondary N) is 3. The molecule has 0 saturated heterocycles. The maximum Gasteiger partial charge on any atom is 0.252 e. The highest BCUT2D eigenvalue weighted by atomic mass is 35.5. The van der Waals surface area contributed by atoms with E-state index in [0.29, 0.717) is 30.2 Å². The third-order valence-electron chi connectivity index (χ3n) is 4.07. The average molecular weight is 387 g/mol. The molecular formula is C21H27ClN4O. The van der Waals surface area contributed by atoms with Crippen molar-refractivity contribution in [2.45, 2.75) is 27.3 Å². The first kappa shape index (κ1) is 20.8. The quantitative estimate of drug-likeness (QED) is 0.388. The summed E-state index contributed by atoms with van der Waals surface area (Å²) in [5, 5.41) is 9.76. The van der Waals surface area contributed by atoms with Gasteiger partial charge in [0.15, 0.2) is 5.96 Å². The van der Waals surface area contributed by atoms with Crippen LogP contribution in [0.1, 0.15) is 34.0 Å². The number of guanidine groups is 1. The van der Waals surface area contributed by atoms with Gasteiger partial charge in [-0.1, -0.05) is 47.5 Å². The van der Waals surface area contributed by atoms with Crippen LogP contribution < -0.4 is 16.0 Å². The second kappa shape index (κ2) is 10.6. The van der Waals surface area contributed by atoms with E-state index in [1.54, 1.807) is 24.3 Å². The van der Waals surface area contributed by atoms with E-state index in [2.05, 4.69) is 53.0 Å². The largest absolute Gasteiger partial charge is 0.357 e. The van der Waals surface area contributed by atoms with E-state index in [1.165, 1.54) is 16.7 Å². The van der Waals surface area contributed by atoms with Crippen LogP contribution in [0.5, 0.6) is 0 Å². The molecule has 0 aromatic heterocycles. The fraction of sp³-hybridized carbons (Fsp3) is 0.333. The van der Waals surface area contributed by atoms with E-state index in [4.69, 9.17) is 11.6 Å². The van der Waals surface area contributed by atoms with Crippen molar-refractivity contribution in [2.75, 3.05) is 19.6 Å². The molecule has 0 atom stereocenters. The van der Waals surface area contributed by atoms with E-state index in [0.717, 1.165) is 12.5 Å². The fourth-order valence-corrected chi connectivity index (χ4v) is 2.85. The first-order chi connectivity index (χ1) is 13.0. The summed E-state index contributed by atoms with van der Waals surface area (Å²) in [5.41, 5.74) is 4.17. The van der Waals surface area contributed by atoms with Crippen LogP contribution in [0.2, 0.25) is 5.02 Å². The van der Waals surface area contributed by atoms with E-state index in [1.807, 2.05) is 6.92 Å². The Labute approximate surface area is 166 Å². The van der Waals surface area contributed by atoms with Crippen LogP contribution in [0.15, 0.2) is 47.5 Å². The molecule has 0 bridgehead atoms. The Balaban J connectivity index is 1.85. The van der Waals surface area contributed by atoms with E-state index in [9.17, 15) is 4.79 Å². The standard InChI is InChI=1S/C21H27ClN4O/c1-4-23-21(26-14-17-10-9-15(2)13-16(17)3)25-12-11-24-20(27)18-7-5-6-8-19(18)22/h5-10,13H,4,11-12,14H2,1-3H3,(H,24,27)(H2,23,25,26). The van der Waals surface area contributed by atoms with Crippen LogP contribution in [-0.4, -0.2) is 31.5 Å². The number of halogens is 1. The minimum absolute atomic E-state index is 0.181. The van der Waals surface area contributed by atoms with Crippen LogP contribution in [-0.2, 0) is 6.54 Å². The lowest BCUT2D eigenvalue weighted by atomic mass is 10.1. The highest BCUT2D eigenvalue weighted by Crippen LogP contribution is 2.14. The Morgan fingerprint density at radius 3 is 2.48 bits per heavy atom. The van der Waals surface area contributed by atoms with Crippen LogP contribution >= 0.6 is 11.6 Å². The number of aliphatic imine (C=N–C) groups is 1. The number of hydrogen-bond acceptors (Lipinski definition) is 2. The molecular weight excluding hydrogens is 360 g/mol. The lowest BCUT2D eigenvalue weighted by Gasteiger charge is -2.13. The van der Waals surface area contributed by atoms with Crippen molar-refractivity contribution in [3.05, 3.63) is 69.7 Å². The lowest BCUT2D eigenvalue weighted by molar-refractivity contribution is 0.0954. The van der Waals surface area contributed by atoms with Gasteiger partial charge >= 0.3 is 0 Å².